The number of carbonyl (C=O) groups excluding carboxylic acids is 1. The molecule has 128 valence electrons. The number of alkyl halides is 1. The molecule has 0 unspecified atom stereocenters. The molecule has 6 nitrogen and oxygen atoms in total. The van der Waals surface area contributed by atoms with E-state index in [1.54, 1.807) is 4.90 Å². The average Bonchev–Trinajstić information content (AvgIpc) is 2.63. The molecule has 0 spiro atoms. The van der Waals surface area contributed by atoms with Crippen LogP contribution < -0.4 is 9.80 Å². The number of azide groups is 1. The van der Waals surface area contributed by atoms with Crippen molar-refractivity contribution in [2.45, 2.75) is 12.6 Å². The zero-order valence-electron chi connectivity index (χ0n) is 13.2. The zero-order valence-corrected chi connectivity index (χ0v) is 17.0. The number of hydrogen-bond donors (Lipinski definition) is 0. The van der Waals surface area contributed by atoms with E-state index in [1.165, 1.54) is 0 Å². The van der Waals surface area contributed by atoms with E-state index in [-0.39, 0.29) is 12.5 Å². The quantitative estimate of drug-likeness (QED) is 0.143. The van der Waals surface area contributed by atoms with Crippen LogP contribution in [0.25, 0.3) is 10.4 Å². The van der Waals surface area contributed by atoms with Gasteiger partial charge in [-0.1, -0.05) is 74.0 Å². The molecule has 1 heterocycles. The van der Waals surface area contributed by atoms with Crippen LogP contribution in [-0.4, -0.2) is 23.0 Å². The summed E-state index contributed by atoms with van der Waals surface area (Å²) >= 11 is 5.70. The van der Waals surface area contributed by atoms with Gasteiger partial charge in [0.15, 0.2) is 0 Å². The van der Waals surface area contributed by atoms with E-state index in [0.717, 1.165) is 21.4 Å². The lowest BCUT2D eigenvalue weighted by molar-refractivity contribution is -0.119. The summed E-state index contributed by atoms with van der Waals surface area (Å²) in [6.07, 6.45) is 0. The molecule has 25 heavy (non-hydrogen) atoms. The van der Waals surface area contributed by atoms with Gasteiger partial charge in [-0.3, -0.25) is 9.69 Å². The van der Waals surface area contributed by atoms with Crippen LogP contribution >= 0.6 is 38.5 Å². The number of amides is 1. The van der Waals surface area contributed by atoms with Gasteiger partial charge in [0.25, 0.3) is 5.91 Å². The van der Waals surface area contributed by atoms with Crippen LogP contribution in [0.1, 0.15) is 5.56 Å². The molecular formula is C17H15BrIN5O. The molecule has 3 rings (SSSR count). The molecule has 1 atom stereocenters. The van der Waals surface area contributed by atoms with Crippen LogP contribution in [-0.2, 0) is 11.3 Å². The molecule has 0 saturated heterocycles. The standard InChI is InChI=1S/C17H15BrIN5O/c18-13-6-7-14-15(8-13)23(10-12-4-2-1-3-5-12)16(9-21-22-20)17(25)24(14)11-19/h1-8,16H,9-11H2/t16-/m1/s1. The van der Waals surface area contributed by atoms with Crippen molar-refractivity contribution < 1.29 is 4.79 Å². The highest BCUT2D eigenvalue weighted by atomic mass is 127. The lowest BCUT2D eigenvalue weighted by atomic mass is 10.0. The third kappa shape index (κ3) is 3.75. The molecule has 8 heteroatoms. The molecule has 0 aromatic heterocycles. The molecule has 0 saturated carbocycles. The topological polar surface area (TPSA) is 72.3 Å². The van der Waals surface area contributed by atoms with Crippen LogP contribution in [0.4, 0.5) is 11.4 Å². The molecule has 0 N–H and O–H groups in total. The van der Waals surface area contributed by atoms with Crippen molar-refractivity contribution in [3.63, 3.8) is 0 Å². The van der Waals surface area contributed by atoms with Gasteiger partial charge in [0, 0.05) is 15.9 Å². The number of anilines is 2. The SMILES string of the molecule is [N-]=[N+]=NC[C@@H]1C(=O)N(CI)c2ccc(Br)cc2N1Cc1ccccc1. The average molecular weight is 512 g/mol. The fourth-order valence-corrected chi connectivity index (χ4v) is 4.00. The summed E-state index contributed by atoms with van der Waals surface area (Å²) in [4.78, 5) is 19.6. The minimum Gasteiger partial charge on any atom is -0.353 e. The Kier molecular flexibility index (Phi) is 5.82. The van der Waals surface area contributed by atoms with Crippen molar-refractivity contribution in [2.24, 2.45) is 5.11 Å². The number of hydrogen-bond acceptors (Lipinski definition) is 3. The van der Waals surface area contributed by atoms with Gasteiger partial charge in [-0.25, -0.2) is 0 Å². The normalized spacial score (nSPS) is 16.4. The first kappa shape index (κ1) is 18.0. The number of carbonyl (C=O) groups is 1. The van der Waals surface area contributed by atoms with Crippen LogP contribution in [0.15, 0.2) is 58.1 Å². The van der Waals surface area contributed by atoms with E-state index in [2.05, 4.69) is 48.5 Å². The Bertz CT molecular complexity index is 825. The first-order valence-electron chi connectivity index (χ1n) is 7.64. The van der Waals surface area contributed by atoms with Crippen molar-refractivity contribution in [3.05, 3.63) is 69.0 Å². The highest BCUT2D eigenvalue weighted by molar-refractivity contribution is 14.1. The highest BCUT2D eigenvalue weighted by Gasteiger charge is 2.37. The van der Waals surface area contributed by atoms with Crippen LogP contribution in [0.3, 0.4) is 0 Å². The van der Waals surface area contributed by atoms with E-state index in [0.29, 0.717) is 11.1 Å². The minimum atomic E-state index is -0.521. The molecular weight excluding hydrogens is 497 g/mol. The fraction of sp³-hybridized carbons (Fsp3) is 0.235. The fourth-order valence-electron chi connectivity index (χ4n) is 2.94. The largest absolute Gasteiger partial charge is 0.353 e. The zero-order chi connectivity index (χ0) is 17.8. The van der Waals surface area contributed by atoms with E-state index in [1.807, 2.05) is 53.4 Å². The van der Waals surface area contributed by atoms with Gasteiger partial charge in [-0.15, -0.1) is 0 Å². The Hall–Kier alpha value is -1.77. The third-order valence-corrected chi connectivity index (χ3v) is 5.27. The van der Waals surface area contributed by atoms with Crippen LogP contribution in [0.5, 0.6) is 0 Å². The number of fused-ring (bicyclic) bond motifs is 1. The molecule has 1 amide bonds. The molecule has 2 aromatic rings. The Balaban J connectivity index is 2.09. The number of rotatable bonds is 5. The summed E-state index contributed by atoms with van der Waals surface area (Å²) in [6, 6.07) is 15.3. The lowest BCUT2D eigenvalue weighted by Crippen LogP contribution is -2.54. The van der Waals surface area contributed by atoms with Crippen molar-refractivity contribution in [1.29, 1.82) is 0 Å². The summed E-state index contributed by atoms with van der Waals surface area (Å²) in [5.74, 6) is -0.0486. The van der Waals surface area contributed by atoms with E-state index in [9.17, 15) is 4.79 Å². The van der Waals surface area contributed by atoms with Gasteiger partial charge in [0.05, 0.1) is 22.5 Å². The second-order valence-electron chi connectivity index (χ2n) is 5.56. The monoisotopic (exact) mass is 511 g/mol. The number of benzene rings is 2. The Morgan fingerprint density at radius 1 is 1.20 bits per heavy atom. The Morgan fingerprint density at radius 2 is 1.96 bits per heavy atom. The molecule has 0 bridgehead atoms. The Labute approximate surface area is 167 Å². The van der Waals surface area contributed by atoms with Crippen molar-refractivity contribution in [3.8, 4) is 0 Å². The molecule has 0 radical (unpaired) electrons. The molecule has 2 aromatic carbocycles. The predicted octanol–water partition coefficient (Wildman–Crippen LogP) is 4.87. The second kappa shape index (κ2) is 8.07. The van der Waals surface area contributed by atoms with Gasteiger partial charge in [-0.2, -0.15) is 0 Å². The minimum absolute atomic E-state index is 0.0486. The van der Waals surface area contributed by atoms with Crippen LogP contribution in [0, 0.1) is 0 Å². The summed E-state index contributed by atoms with van der Waals surface area (Å²) in [5.41, 5.74) is 11.6. The van der Waals surface area contributed by atoms with E-state index in [4.69, 9.17) is 5.53 Å². The van der Waals surface area contributed by atoms with E-state index >= 15 is 0 Å². The first-order chi connectivity index (χ1) is 12.2. The highest BCUT2D eigenvalue weighted by Crippen LogP contribution is 2.39. The Morgan fingerprint density at radius 3 is 2.64 bits per heavy atom. The predicted molar refractivity (Wildman–Crippen MR) is 111 cm³/mol. The smallest absolute Gasteiger partial charge is 0.250 e. The molecule has 0 aliphatic carbocycles. The van der Waals surface area contributed by atoms with Crippen LogP contribution in [0.2, 0.25) is 0 Å². The van der Waals surface area contributed by atoms with Crippen molar-refractivity contribution in [2.75, 3.05) is 20.9 Å². The van der Waals surface area contributed by atoms with Gasteiger partial charge in [0.2, 0.25) is 0 Å². The maximum absolute atomic E-state index is 13.0. The summed E-state index contributed by atoms with van der Waals surface area (Å²) in [7, 11) is 0. The summed E-state index contributed by atoms with van der Waals surface area (Å²) in [6.45, 7) is 0.665. The van der Waals surface area contributed by atoms with Crippen molar-refractivity contribution in [1.82, 2.24) is 0 Å². The molecule has 1 aliphatic heterocycles. The van der Waals surface area contributed by atoms with Gasteiger partial charge in [0.1, 0.15) is 6.04 Å². The van der Waals surface area contributed by atoms with E-state index < -0.39 is 6.04 Å². The molecule has 1 aliphatic rings. The number of nitrogens with zero attached hydrogens (tertiary/aromatic N) is 5. The summed E-state index contributed by atoms with van der Waals surface area (Å²) in [5, 5.41) is 3.68. The van der Waals surface area contributed by atoms with Gasteiger partial charge in [-0.05, 0) is 29.3 Å². The van der Waals surface area contributed by atoms with Gasteiger partial charge < -0.3 is 4.90 Å². The third-order valence-electron chi connectivity index (χ3n) is 4.10. The first-order valence-corrected chi connectivity index (χ1v) is 9.96. The van der Waals surface area contributed by atoms with Gasteiger partial charge >= 0.3 is 0 Å². The maximum atomic E-state index is 13.0. The van der Waals surface area contributed by atoms with Crippen molar-refractivity contribution >= 4 is 55.8 Å². The maximum Gasteiger partial charge on any atom is 0.250 e. The number of halogens is 2. The lowest BCUT2D eigenvalue weighted by Gasteiger charge is -2.42. The second-order valence-corrected chi connectivity index (χ2v) is 7.16. The summed E-state index contributed by atoms with van der Waals surface area (Å²) < 4.78 is 1.48. The molecule has 0 fully saturated rings.